The molecule has 7 nitrogen and oxygen atoms in total. The first kappa shape index (κ1) is 28.8. The predicted molar refractivity (Wildman–Crippen MR) is 162 cm³/mol. The third-order valence-corrected chi connectivity index (χ3v) is 12.6. The molecule has 0 saturated heterocycles. The Labute approximate surface area is 238 Å². The number of benzene rings is 2. The first-order valence-corrected chi connectivity index (χ1v) is 16.2. The Kier molecular flexibility index (Phi) is 7.95. The molecule has 0 aliphatic carbocycles. The molecule has 1 aliphatic rings. The first-order valence-electron chi connectivity index (χ1n) is 12.9. The monoisotopic (exact) mass is 558 g/mol. The number of carbonyl (C=O) groups is 1. The van der Waals surface area contributed by atoms with Crippen LogP contribution in [0, 0.1) is 18.3 Å². The van der Waals surface area contributed by atoms with Crippen molar-refractivity contribution in [2.24, 2.45) is 0 Å². The number of nitrogens with zero attached hydrogens (tertiary/aromatic N) is 4. The standard InChI is InChI=1S/C29H34BClN5O2Si/c1-19-8-9-22(31)14-25(19)35-27-33-11-10-24(34-27)20-12-21(15-32)26-23(13-20)29(5,16-36(26)30-18-37)17-38-39(6,7)28(2,3)4/h8-14,18H,16-17H2,1-7H3,(H,33,34,35). The van der Waals surface area contributed by atoms with Gasteiger partial charge in [0.1, 0.15) is 12.3 Å². The van der Waals surface area contributed by atoms with Gasteiger partial charge in [0.15, 0.2) is 8.32 Å². The molecule has 1 aromatic heterocycles. The molecule has 10 heteroatoms. The van der Waals surface area contributed by atoms with Crippen LogP contribution in [-0.4, -0.2) is 45.0 Å². The normalized spacial score (nSPS) is 16.9. The summed E-state index contributed by atoms with van der Waals surface area (Å²) in [5.41, 5.74) is 5.07. The van der Waals surface area contributed by atoms with E-state index < -0.39 is 13.7 Å². The van der Waals surface area contributed by atoms with E-state index in [1.807, 2.05) is 42.1 Å². The summed E-state index contributed by atoms with van der Waals surface area (Å²) in [4.78, 5) is 22.5. The largest absolute Gasteiger partial charge is 0.416 e. The smallest absolute Gasteiger partial charge is 0.329 e. The molecular weight excluding hydrogens is 525 g/mol. The van der Waals surface area contributed by atoms with Crippen molar-refractivity contribution in [1.82, 2.24) is 9.97 Å². The highest BCUT2D eigenvalue weighted by Crippen LogP contribution is 2.46. The minimum Gasteiger partial charge on any atom is -0.416 e. The third kappa shape index (κ3) is 5.88. The molecule has 1 radical (unpaired) electrons. The molecule has 0 spiro atoms. The Morgan fingerprint density at radius 3 is 2.69 bits per heavy atom. The highest BCUT2D eigenvalue weighted by molar-refractivity contribution is 6.74. The van der Waals surface area contributed by atoms with Gasteiger partial charge in [-0.15, -0.1) is 0 Å². The van der Waals surface area contributed by atoms with Crippen LogP contribution in [0.15, 0.2) is 42.6 Å². The molecule has 1 aliphatic heterocycles. The second kappa shape index (κ2) is 10.8. The molecule has 1 atom stereocenters. The summed E-state index contributed by atoms with van der Waals surface area (Å²) in [7, 11) is -0.539. The fraction of sp³-hybridized carbons (Fsp3) is 0.379. The molecule has 2 heterocycles. The van der Waals surface area contributed by atoms with Gasteiger partial charge < -0.3 is 19.3 Å². The van der Waals surface area contributed by atoms with E-state index in [0.29, 0.717) is 35.4 Å². The second-order valence-corrected chi connectivity index (χ2v) is 17.1. The number of carbonyl (C=O) groups excluding carboxylic acids is 1. The molecule has 2 aromatic carbocycles. The lowest BCUT2D eigenvalue weighted by Crippen LogP contribution is -2.46. The van der Waals surface area contributed by atoms with Crippen LogP contribution in [-0.2, 0) is 14.6 Å². The molecule has 0 amide bonds. The Bertz CT molecular complexity index is 1450. The lowest BCUT2D eigenvalue weighted by Gasteiger charge is -2.39. The lowest BCUT2D eigenvalue weighted by molar-refractivity contribution is 0.219. The topological polar surface area (TPSA) is 91.1 Å². The van der Waals surface area contributed by atoms with E-state index in [2.05, 4.69) is 63.2 Å². The third-order valence-electron chi connectivity index (χ3n) is 7.88. The maximum atomic E-state index is 11.5. The van der Waals surface area contributed by atoms with Gasteiger partial charge in [-0.1, -0.05) is 45.4 Å². The molecule has 0 fully saturated rings. The van der Waals surface area contributed by atoms with Gasteiger partial charge >= 0.3 is 7.41 Å². The number of hydrogen-bond donors (Lipinski definition) is 1. The van der Waals surface area contributed by atoms with Gasteiger partial charge in [-0.05, 0) is 66.5 Å². The number of halogens is 1. The van der Waals surface area contributed by atoms with Crippen LogP contribution in [0.1, 0.15) is 44.4 Å². The van der Waals surface area contributed by atoms with Crippen LogP contribution < -0.4 is 10.1 Å². The Morgan fingerprint density at radius 2 is 2.03 bits per heavy atom. The summed E-state index contributed by atoms with van der Waals surface area (Å²) < 4.78 is 6.67. The van der Waals surface area contributed by atoms with E-state index in [1.54, 1.807) is 6.20 Å². The van der Waals surface area contributed by atoms with Crippen LogP contribution in [0.4, 0.5) is 17.3 Å². The summed E-state index contributed by atoms with van der Waals surface area (Å²) in [6.45, 7) is 16.3. The Hall–Kier alpha value is -3.19. The molecule has 0 bridgehead atoms. The summed E-state index contributed by atoms with van der Waals surface area (Å²) in [6, 6.07) is 13.7. The molecule has 3 aromatic rings. The number of aromatic nitrogens is 2. The van der Waals surface area contributed by atoms with E-state index in [0.717, 1.165) is 34.3 Å². The summed E-state index contributed by atoms with van der Waals surface area (Å²) >= 11 is 6.19. The van der Waals surface area contributed by atoms with Crippen molar-refractivity contribution in [2.75, 3.05) is 23.3 Å². The molecule has 1 unspecified atom stereocenters. The Balaban J connectivity index is 1.76. The highest BCUT2D eigenvalue weighted by atomic mass is 35.5. The zero-order valence-corrected chi connectivity index (χ0v) is 25.3. The quantitative estimate of drug-likeness (QED) is 0.245. The molecule has 39 heavy (non-hydrogen) atoms. The fourth-order valence-corrected chi connectivity index (χ4v) is 5.77. The summed E-state index contributed by atoms with van der Waals surface area (Å²) in [5, 5.41) is 14.1. The van der Waals surface area contributed by atoms with E-state index in [1.165, 1.54) is 7.41 Å². The first-order chi connectivity index (χ1) is 18.3. The highest BCUT2D eigenvalue weighted by Gasteiger charge is 2.44. The van der Waals surface area contributed by atoms with Crippen molar-refractivity contribution >= 4 is 50.8 Å². The minimum atomic E-state index is -2.04. The van der Waals surface area contributed by atoms with Crippen molar-refractivity contribution < 1.29 is 9.22 Å². The van der Waals surface area contributed by atoms with Gasteiger partial charge in [0.2, 0.25) is 5.95 Å². The number of fused-ring (bicyclic) bond motifs is 1. The SMILES string of the molecule is Cc1ccc(Cl)cc1Nc1nccc(-c2cc(C#N)c3c(c2)C(C)(CO[Si](C)(C)C(C)(C)C)CN3[B]C=O)n1. The molecular formula is C29H34BClN5O2Si. The summed E-state index contributed by atoms with van der Waals surface area (Å²) in [5.74, 6) is 0.428. The summed E-state index contributed by atoms with van der Waals surface area (Å²) in [6.07, 6.45) is 2.45. The average molecular weight is 559 g/mol. The number of nitrogens with one attached hydrogen (secondary N) is 1. The van der Waals surface area contributed by atoms with Gasteiger partial charge in [0.25, 0.3) is 0 Å². The van der Waals surface area contributed by atoms with Crippen LogP contribution in [0.5, 0.6) is 0 Å². The number of rotatable bonds is 8. The van der Waals surface area contributed by atoms with Crippen LogP contribution in [0.2, 0.25) is 23.2 Å². The van der Waals surface area contributed by atoms with Crippen molar-refractivity contribution in [3.8, 4) is 17.3 Å². The predicted octanol–water partition coefficient (Wildman–Crippen LogP) is 6.63. The Morgan fingerprint density at radius 1 is 1.28 bits per heavy atom. The van der Waals surface area contributed by atoms with E-state index in [-0.39, 0.29) is 5.04 Å². The van der Waals surface area contributed by atoms with E-state index in [4.69, 9.17) is 21.0 Å². The minimum absolute atomic E-state index is 0.0603. The number of nitriles is 1. The molecule has 4 rings (SSSR count). The zero-order valence-electron chi connectivity index (χ0n) is 23.6. The lowest BCUT2D eigenvalue weighted by atomic mass is 9.83. The van der Waals surface area contributed by atoms with Crippen molar-refractivity contribution in [1.29, 1.82) is 5.26 Å². The van der Waals surface area contributed by atoms with Gasteiger partial charge in [-0.2, -0.15) is 5.26 Å². The van der Waals surface area contributed by atoms with E-state index >= 15 is 0 Å². The van der Waals surface area contributed by atoms with Gasteiger partial charge in [-0.3, -0.25) is 0 Å². The van der Waals surface area contributed by atoms with E-state index in [9.17, 15) is 10.1 Å². The number of aryl methyl sites for hydroxylation is 1. The van der Waals surface area contributed by atoms with Crippen molar-refractivity contribution in [2.45, 2.75) is 58.2 Å². The van der Waals surface area contributed by atoms with Crippen LogP contribution in [0.25, 0.3) is 11.3 Å². The number of hydrogen-bond acceptors (Lipinski definition) is 7. The average Bonchev–Trinajstić information content (AvgIpc) is 3.16. The molecule has 201 valence electrons. The van der Waals surface area contributed by atoms with Gasteiger partial charge in [0, 0.05) is 46.7 Å². The second-order valence-electron chi connectivity index (χ2n) is 11.9. The van der Waals surface area contributed by atoms with Crippen LogP contribution in [0.3, 0.4) is 0 Å². The number of anilines is 3. The molecule has 1 N–H and O–H groups in total. The maximum Gasteiger partial charge on any atom is 0.329 e. The fourth-order valence-electron chi connectivity index (χ4n) is 4.49. The van der Waals surface area contributed by atoms with Gasteiger partial charge in [-0.25, -0.2) is 9.97 Å². The molecule has 0 saturated carbocycles. The maximum absolute atomic E-state index is 11.5. The van der Waals surface area contributed by atoms with Gasteiger partial charge in [0.05, 0.1) is 11.3 Å². The van der Waals surface area contributed by atoms with Crippen LogP contribution >= 0.6 is 11.6 Å². The van der Waals surface area contributed by atoms with Crippen molar-refractivity contribution in [3.05, 3.63) is 64.3 Å². The van der Waals surface area contributed by atoms with Crippen molar-refractivity contribution in [3.63, 3.8) is 0 Å². The zero-order chi connectivity index (χ0) is 28.6.